The van der Waals surface area contributed by atoms with E-state index in [2.05, 4.69) is 19.2 Å². The molecular formula is C11H23NO. The monoisotopic (exact) mass is 185 g/mol. The smallest absolute Gasteiger partial charge is 0.0480 e. The van der Waals surface area contributed by atoms with Crippen molar-refractivity contribution < 1.29 is 4.74 Å². The first kappa shape index (κ1) is 11.0. The Hall–Kier alpha value is -0.0800. The molecule has 1 saturated heterocycles. The molecule has 2 nitrogen and oxygen atoms in total. The molecule has 0 bridgehead atoms. The van der Waals surface area contributed by atoms with Crippen molar-refractivity contribution in [3.63, 3.8) is 0 Å². The Balaban J connectivity index is 2.00. The van der Waals surface area contributed by atoms with Crippen LogP contribution in [0.15, 0.2) is 0 Å². The van der Waals surface area contributed by atoms with E-state index in [0.29, 0.717) is 6.04 Å². The molecule has 2 unspecified atom stereocenters. The second kappa shape index (κ2) is 6.39. The molecule has 2 heteroatoms. The first-order valence-corrected chi connectivity index (χ1v) is 5.64. The summed E-state index contributed by atoms with van der Waals surface area (Å²) in [4.78, 5) is 0. The maximum atomic E-state index is 5.48. The summed E-state index contributed by atoms with van der Waals surface area (Å²) in [7, 11) is 0. The molecule has 0 aromatic rings. The van der Waals surface area contributed by atoms with Crippen molar-refractivity contribution in [1.82, 2.24) is 5.32 Å². The Labute approximate surface area is 82.0 Å². The average Bonchev–Trinajstić information content (AvgIpc) is 2.13. The highest BCUT2D eigenvalue weighted by Crippen LogP contribution is 2.16. The van der Waals surface area contributed by atoms with Crippen LogP contribution in [-0.2, 0) is 4.74 Å². The summed E-state index contributed by atoms with van der Waals surface area (Å²) in [5.41, 5.74) is 0. The van der Waals surface area contributed by atoms with Gasteiger partial charge in [0, 0.05) is 19.3 Å². The molecule has 0 aromatic heterocycles. The molecule has 0 saturated carbocycles. The minimum Gasteiger partial charge on any atom is -0.381 e. The summed E-state index contributed by atoms with van der Waals surface area (Å²) in [5.74, 6) is 0.900. The highest BCUT2D eigenvalue weighted by Gasteiger charge is 2.17. The van der Waals surface area contributed by atoms with Crippen LogP contribution in [0.5, 0.6) is 0 Å². The van der Waals surface area contributed by atoms with E-state index in [4.69, 9.17) is 4.74 Å². The van der Waals surface area contributed by atoms with Crippen LogP contribution < -0.4 is 5.32 Å². The van der Waals surface area contributed by atoms with E-state index >= 15 is 0 Å². The van der Waals surface area contributed by atoms with E-state index in [-0.39, 0.29) is 0 Å². The molecule has 78 valence electrons. The number of hydrogen-bond acceptors (Lipinski definition) is 2. The number of nitrogens with one attached hydrogen (secondary N) is 1. The van der Waals surface area contributed by atoms with Crippen molar-refractivity contribution in [2.75, 3.05) is 19.8 Å². The second-order valence-electron chi connectivity index (χ2n) is 4.18. The molecular weight excluding hydrogens is 162 g/mol. The summed E-state index contributed by atoms with van der Waals surface area (Å²) < 4.78 is 5.48. The molecule has 1 N–H and O–H groups in total. The highest BCUT2D eigenvalue weighted by atomic mass is 16.5. The van der Waals surface area contributed by atoms with Crippen LogP contribution in [0, 0.1) is 5.92 Å². The predicted octanol–water partition coefficient (Wildman–Crippen LogP) is 2.19. The van der Waals surface area contributed by atoms with Gasteiger partial charge in [0.2, 0.25) is 0 Å². The van der Waals surface area contributed by atoms with Crippen LogP contribution >= 0.6 is 0 Å². The third-order valence-electron chi connectivity index (χ3n) is 2.72. The molecule has 1 fully saturated rings. The van der Waals surface area contributed by atoms with E-state index in [9.17, 15) is 0 Å². The lowest BCUT2D eigenvalue weighted by atomic mass is 9.93. The number of hydrogen-bond donors (Lipinski definition) is 1. The lowest BCUT2D eigenvalue weighted by molar-refractivity contribution is 0.118. The highest BCUT2D eigenvalue weighted by molar-refractivity contribution is 4.75. The van der Waals surface area contributed by atoms with Gasteiger partial charge >= 0.3 is 0 Å². The lowest BCUT2D eigenvalue weighted by Crippen LogP contribution is -2.38. The fourth-order valence-electron chi connectivity index (χ4n) is 1.91. The van der Waals surface area contributed by atoms with Crippen LogP contribution in [0.4, 0.5) is 0 Å². The normalized spacial score (nSPS) is 29.1. The topological polar surface area (TPSA) is 21.3 Å². The van der Waals surface area contributed by atoms with Crippen molar-refractivity contribution in [3.8, 4) is 0 Å². The molecule has 0 aromatic carbocycles. The van der Waals surface area contributed by atoms with E-state index in [0.717, 1.165) is 25.6 Å². The summed E-state index contributed by atoms with van der Waals surface area (Å²) in [6, 6.07) is 0.709. The largest absolute Gasteiger partial charge is 0.381 e. The number of rotatable bonds is 5. The van der Waals surface area contributed by atoms with Crippen LogP contribution in [0.3, 0.4) is 0 Å². The van der Waals surface area contributed by atoms with Crippen molar-refractivity contribution in [2.24, 2.45) is 5.92 Å². The van der Waals surface area contributed by atoms with Crippen molar-refractivity contribution in [2.45, 2.75) is 45.6 Å². The van der Waals surface area contributed by atoms with Gasteiger partial charge in [0.15, 0.2) is 0 Å². The summed E-state index contributed by atoms with van der Waals surface area (Å²) >= 11 is 0. The average molecular weight is 185 g/mol. The predicted molar refractivity (Wildman–Crippen MR) is 55.9 cm³/mol. The van der Waals surface area contributed by atoms with Crippen LogP contribution in [0.2, 0.25) is 0 Å². The van der Waals surface area contributed by atoms with Gasteiger partial charge in [-0.15, -0.1) is 0 Å². The van der Waals surface area contributed by atoms with Crippen molar-refractivity contribution >= 4 is 0 Å². The first-order valence-electron chi connectivity index (χ1n) is 5.64. The van der Waals surface area contributed by atoms with Crippen LogP contribution in [-0.4, -0.2) is 25.8 Å². The molecule has 13 heavy (non-hydrogen) atoms. The van der Waals surface area contributed by atoms with E-state index < -0.39 is 0 Å². The molecule has 1 rings (SSSR count). The van der Waals surface area contributed by atoms with Gasteiger partial charge in [-0.05, 0) is 38.1 Å². The van der Waals surface area contributed by atoms with Crippen molar-refractivity contribution in [1.29, 1.82) is 0 Å². The SMILES string of the molecule is CCCOCCC1CC(C)CCN1. The Morgan fingerprint density at radius 2 is 2.23 bits per heavy atom. The molecule has 0 radical (unpaired) electrons. The van der Waals surface area contributed by atoms with Gasteiger partial charge in [-0.25, -0.2) is 0 Å². The number of piperidine rings is 1. The maximum absolute atomic E-state index is 5.48. The Kier molecular flexibility index (Phi) is 5.40. The molecule has 0 aliphatic carbocycles. The maximum Gasteiger partial charge on any atom is 0.0480 e. The second-order valence-corrected chi connectivity index (χ2v) is 4.18. The molecule has 1 aliphatic heterocycles. The fourth-order valence-corrected chi connectivity index (χ4v) is 1.91. The Bertz CT molecular complexity index is 127. The van der Waals surface area contributed by atoms with Crippen LogP contribution in [0.25, 0.3) is 0 Å². The quantitative estimate of drug-likeness (QED) is 0.663. The minimum absolute atomic E-state index is 0.709. The number of ether oxygens (including phenoxy) is 1. The zero-order valence-corrected chi connectivity index (χ0v) is 9.01. The zero-order chi connectivity index (χ0) is 9.52. The Morgan fingerprint density at radius 1 is 1.38 bits per heavy atom. The standard InChI is InChI=1S/C11H23NO/c1-3-7-13-8-5-11-9-10(2)4-6-12-11/h10-12H,3-9H2,1-2H3. The van der Waals surface area contributed by atoms with Crippen molar-refractivity contribution in [3.05, 3.63) is 0 Å². The molecule has 2 atom stereocenters. The zero-order valence-electron chi connectivity index (χ0n) is 9.01. The molecule has 1 aliphatic rings. The van der Waals surface area contributed by atoms with Gasteiger partial charge in [-0.1, -0.05) is 13.8 Å². The first-order chi connectivity index (χ1) is 6.33. The van der Waals surface area contributed by atoms with Gasteiger partial charge in [0.05, 0.1) is 0 Å². The van der Waals surface area contributed by atoms with Gasteiger partial charge in [-0.2, -0.15) is 0 Å². The van der Waals surface area contributed by atoms with E-state index in [1.807, 2.05) is 0 Å². The van der Waals surface area contributed by atoms with Gasteiger partial charge in [-0.3, -0.25) is 0 Å². The van der Waals surface area contributed by atoms with Gasteiger partial charge in [0.25, 0.3) is 0 Å². The summed E-state index contributed by atoms with van der Waals surface area (Å²) in [6.45, 7) is 7.54. The molecule has 0 spiro atoms. The summed E-state index contributed by atoms with van der Waals surface area (Å²) in [5, 5.41) is 3.55. The fraction of sp³-hybridized carbons (Fsp3) is 1.00. The lowest BCUT2D eigenvalue weighted by Gasteiger charge is -2.28. The molecule has 1 heterocycles. The van der Waals surface area contributed by atoms with E-state index in [1.54, 1.807) is 0 Å². The third-order valence-corrected chi connectivity index (χ3v) is 2.72. The Morgan fingerprint density at radius 3 is 2.92 bits per heavy atom. The minimum atomic E-state index is 0.709. The van der Waals surface area contributed by atoms with Gasteiger partial charge < -0.3 is 10.1 Å². The van der Waals surface area contributed by atoms with Gasteiger partial charge in [0.1, 0.15) is 0 Å². The van der Waals surface area contributed by atoms with E-state index in [1.165, 1.54) is 25.8 Å². The summed E-state index contributed by atoms with van der Waals surface area (Å²) in [6.07, 6.45) is 4.99. The van der Waals surface area contributed by atoms with Crippen LogP contribution in [0.1, 0.15) is 39.5 Å². The third kappa shape index (κ3) is 4.63. The molecule has 0 amide bonds.